The normalized spacial score (nSPS) is 7.27. The molecular formula is C6H8O5. The van der Waals surface area contributed by atoms with Crippen molar-refractivity contribution in [3.63, 3.8) is 0 Å². The Balaban J connectivity index is 0. The molecule has 62 valence electrons. The van der Waals surface area contributed by atoms with Crippen LogP contribution in [0.25, 0.3) is 0 Å². The standard InChI is InChI=1S/C6H4O3.2H2O/c7-4-5(8)6-2-1-3-9-6;;/h1-4H;2*1H2. The highest BCUT2D eigenvalue weighted by Crippen LogP contribution is 1.98. The minimum Gasteiger partial charge on any atom is -0.461 e. The Morgan fingerprint density at radius 2 is 2.09 bits per heavy atom. The summed E-state index contributed by atoms with van der Waals surface area (Å²) in [5.41, 5.74) is 0. The number of hydrogen-bond donors (Lipinski definition) is 0. The summed E-state index contributed by atoms with van der Waals surface area (Å²) in [6.45, 7) is 0. The van der Waals surface area contributed by atoms with Gasteiger partial charge in [-0.05, 0) is 12.1 Å². The van der Waals surface area contributed by atoms with Crippen molar-refractivity contribution in [2.75, 3.05) is 0 Å². The number of rotatable bonds is 2. The Kier molecular flexibility index (Phi) is 5.94. The maximum Gasteiger partial charge on any atom is 0.260 e. The number of ketones is 1. The van der Waals surface area contributed by atoms with Gasteiger partial charge in [-0.3, -0.25) is 9.59 Å². The van der Waals surface area contributed by atoms with Gasteiger partial charge in [0.15, 0.2) is 12.0 Å². The third kappa shape index (κ3) is 2.74. The van der Waals surface area contributed by atoms with Crippen molar-refractivity contribution in [2.24, 2.45) is 0 Å². The average Bonchev–Trinajstić information content (AvgIpc) is 2.37. The van der Waals surface area contributed by atoms with Crippen LogP contribution in [0.4, 0.5) is 0 Å². The van der Waals surface area contributed by atoms with Crippen LogP contribution in [0.15, 0.2) is 22.8 Å². The van der Waals surface area contributed by atoms with Gasteiger partial charge >= 0.3 is 0 Å². The number of furan rings is 1. The number of carbonyl (C=O) groups excluding carboxylic acids is 2. The van der Waals surface area contributed by atoms with Crippen LogP contribution >= 0.6 is 0 Å². The highest BCUT2D eigenvalue weighted by Gasteiger charge is 2.04. The second-order valence-electron chi connectivity index (χ2n) is 1.46. The molecule has 1 aromatic heterocycles. The number of hydrogen-bond acceptors (Lipinski definition) is 3. The molecule has 0 saturated heterocycles. The van der Waals surface area contributed by atoms with Gasteiger partial charge in [0.05, 0.1) is 6.26 Å². The highest BCUT2D eigenvalue weighted by atomic mass is 16.3. The zero-order valence-electron chi connectivity index (χ0n) is 5.53. The number of Topliss-reactive ketones (excluding diaryl/α,β-unsaturated/α-hetero) is 1. The van der Waals surface area contributed by atoms with Gasteiger partial charge in [0.25, 0.3) is 5.78 Å². The van der Waals surface area contributed by atoms with Gasteiger partial charge in [0.1, 0.15) is 0 Å². The van der Waals surface area contributed by atoms with E-state index in [1.54, 1.807) is 6.07 Å². The largest absolute Gasteiger partial charge is 0.461 e. The van der Waals surface area contributed by atoms with Crippen molar-refractivity contribution in [3.05, 3.63) is 24.2 Å². The van der Waals surface area contributed by atoms with E-state index in [2.05, 4.69) is 4.42 Å². The fraction of sp³-hybridized carbons (Fsp3) is 0. The SMILES string of the molecule is O.O.O=CC(=O)c1ccco1. The Bertz CT molecular complexity index is 213. The molecule has 0 saturated carbocycles. The van der Waals surface area contributed by atoms with Crippen LogP contribution in [-0.4, -0.2) is 23.0 Å². The quantitative estimate of drug-likeness (QED) is 0.314. The van der Waals surface area contributed by atoms with Gasteiger partial charge in [-0.2, -0.15) is 0 Å². The van der Waals surface area contributed by atoms with E-state index in [4.69, 9.17) is 0 Å². The second-order valence-corrected chi connectivity index (χ2v) is 1.46. The van der Waals surface area contributed by atoms with Crippen LogP contribution in [0, 0.1) is 0 Å². The van der Waals surface area contributed by atoms with E-state index in [0.29, 0.717) is 0 Å². The van der Waals surface area contributed by atoms with Gasteiger partial charge in [-0.15, -0.1) is 0 Å². The Morgan fingerprint density at radius 1 is 1.45 bits per heavy atom. The third-order valence-corrected chi connectivity index (χ3v) is 0.871. The first kappa shape index (κ1) is 12.2. The molecule has 0 spiro atoms. The lowest BCUT2D eigenvalue weighted by molar-refractivity contribution is -0.104. The Morgan fingerprint density at radius 3 is 2.45 bits per heavy atom. The summed E-state index contributed by atoms with van der Waals surface area (Å²) in [5.74, 6) is -0.537. The van der Waals surface area contributed by atoms with E-state index in [-0.39, 0.29) is 23.0 Å². The first-order valence-corrected chi connectivity index (χ1v) is 2.37. The molecule has 0 aliphatic heterocycles. The van der Waals surface area contributed by atoms with Gasteiger partial charge < -0.3 is 15.4 Å². The molecule has 5 nitrogen and oxygen atoms in total. The summed E-state index contributed by atoms with van der Waals surface area (Å²) < 4.78 is 4.61. The van der Waals surface area contributed by atoms with E-state index >= 15 is 0 Å². The summed E-state index contributed by atoms with van der Waals surface area (Å²) in [6, 6.07) is 2.99. The molecule has 0 bridgehead atoms. The zero-order chi connectivity index (χ0) is 6.69. The lowest BCUT2D eigenvalue weighted by Crippen LogP contribution is -1.96. The van der Waals surface area contributed by atoms with Crippen molar-refractivity contribution in [1.82, 2.24) is 0 Å². The lowest BCUT2D eigenvalue weighted by Gasteiger charge is -1.79. The molecule has 0 aliphatic rings. The molecule has 0 aromatic carbocycles. The average molecular weight is 160 g/mol. The second kappa shape index (κ2) is 5.33. The summed E-state index contributed by atoms with van der Waals surface area (Å²) >= 11 is 0. The minimum atomic E-state index is -0.625. The first-order chi connectivity index (χ1) is 4.34. The van der Waals surface area contributed by atoms with Crippen molar-refractivity contribution in [1.29, 1.82) is 0 Å². The molecule has 11 heavy (non-hydrogen) atoms. The van der Waals surface area contributed by atoms with Crippen molar-refractivity contribution in [3.8, 4) is 0 Å². The fourth-order valence-electron chi connectivity index (χ4n) is 0.477. The molecule has 1 aromatic rings. The Hall–Kier alpha value is -1.46. The van der Waals surface area contributed by atoms with E-state index in [1.165, 1.54) is 12.3 Å². The highest BCUT2D eigenvalue weighted by molar-refractivity contribution is 6.32. The predicted octanol–water partition coefficient (Wildman–Crippen LogP) is -0.988. The van der Waals surface area contributed by atoms with Crippen molar-refractivity contribution >= 4 is 12.1 Å². The first-order valence-electron chi connectivity index (χ1n) is 2.37. The molecule has 5 heteroatoms. The van der Waals surface area contributed by atoms with Crippen LogP contribution in [0.3, 0.4) is 0 Å². The third-order valence-electron chi connectivity index (χ3n) is 0.871. The minimum absolute atomic E-state index is 0. The Labute approximate surface area is 62.2 Å². The van der Waals surface area contributed by atoms with E-state index in [0.717, 1.165) is 0 Å². The van der Waals surface area contributed by atoms with Gasteiger partial charge in [0, 0.05) is 0 Å². The lowest BCUT2D eigenvalue weighted by atomic mass is 10.3. The predicted molar refractivity (Wildman–Crippen MR) is 36.3 cm³/mol. The van der Waals surface area contributed by atoms with Crippen LogP contribution in [-0.2, 0) is 4.79 Å². The van der Waals surface area contributed by atoms with Crippen LogP contribution in [0.2, 0.25) is 0 Å². The van der Waals surface area contributed by atoms with Gasteiger partial charge in [-0.1, -0.05) is 0 Å². The number of carbonyl (C=O) groups is 2. The van der Waals surface area contributed by atoms with Crippen LogP contribution in [0.1, 0.15) is 10.6 Å². The molecule has 0 unspecified atom stereocenters. The smallest absolute Gasteiger partial charge is 0.260 e. The van der Waals surface area contributed by atoms with E-state index < -0.39 is 5.78 Å². The van der Waals surface area contributed by atoms with Crippen molar-refractivity contribution < 1.29 is 25.0 Å². The molecular weight excluding hydrogens is 152 g/mol. The molecule has 0 fully saturated rings. The zero-order valence-corrected chi connectivity index (χ0v) is 5.53. The molecule has 0 aliphatic carbocycles. The number of aldehydes is 1. The summed E-state index contributed by atoms with van der Waals surface area (Å²) in [5, 5.41) is 0. The molecule has 0 atom stereocenters. The van der Waals surface area contributed by atoms with Crippen molar-refractivity contribution in [2.45, 2.75) is 0 Å². The van der Waals surface area contributed by atoms with Crippen LogP contribution < -0.4 is 0 Å². The maximum atomic E-state index is 10.4. The summed E-state index contributed by atoms with van der Waals surface area (Å²) in [6.07, 6.45) is 1.57. The fourth-order valence-corrected chi connectivity index (χ4v) is 0.477. The van der Waals surface area contributed by atoms with Gasteiger partial charge in [-0.25, -0.2) is 0 Å². The molecule has 1 heterocycles. The maximum absolute atomic E-state index is 10.4. The van der Waals surface area contributed by atoms with Gasteiger partial charge in [0.2, 0.25) is 0 Å². The summed E-state index contributed by atoms with van der Waals surface area (Å²) in [7, 11) is 0. The van der Waals surface area contributed by atoms with E-state index in [9.17, 15) is 9.59 Å². The molecule has 0 radical (unpaired) electrons. The molecule has 4 N–H and O–H groups in total. The summed E-state index contributed by atoms with van der Waals surface area (Å²) in [4.78, 5) is 20.2. The van der Waals surface area contributed by atoms with E-state index in [1.807, 2.05) is 0 Å². The molecule has 1 rings (SSSR count). The monoisotopic (exact) mass is 160 g/mol. The topological polar surface area (TPSA) is 110 Å². The van der Waals surface area contributed by atoms with Crippen LogP contribution in [0.5, 0.6) is 0 Å². The molecule has 0 amide bonds.